The van der Waals surface area contributed by atoms with E-state index in [4.69, 9.17) is 21.6 Å². The first-order chi connectivity index (χ1) is 9.15. The molecule has 19 heavy (non-hydrogen) atoms. The predicted molar refractivity (Wildman–Crippen MR) is 76.6 cm³/mol. The van der Waals surface area contributed by atoms with Gasteiger partial charge in [-0.3, -0.25) is 0 Å². The Balaban J connectivity index is 2.05. The average Bonchev–Trinajstić information content (AvgIpc) is 2.45. The van der Waals surface area contributed by atoms with Gasteiger partial charge < -0.3 is 10.1 Å². The molecule has 1 aliphatic carbocycles. The standard InChI is InChI=1S/C15H19ClN2O/c1-10-14(8-3-11(9-17)15(10)16)19-13-6-4-12(18-2)5-7-13/h3,8,12-13,18H,4-7H2,1-2H3. The van der Waals surface area contributed by atoms with Crippen molar-refractivity contribution in [1.82, 2.24) is 5.32 Å². The van der Waals surface area contributed by atoms with Gasteiger partial charge in [0.2, 0.25) is 0 Å². The van der Waals surface area contributed by atoms with Gasteiger partial charge in [-0.2, -0.15) is 5.26 Å². The quantitative estimate of drug-likeness (QED) is 0.921. The molecule has 0 amide bonds. The van der Waals surface area contributed by atoms with Crippen LogP contribution in [0.2, 0.25) is 5.02 Å². The van der Waals surface area contributed by atoms with Gasteiger partial charge in [0, 0.05) is 11.6 Å². The molecule has 0 aromatic heterocycles. The minimum atomic E-state index is 0.257. The number of hydrogen-bond acceptors (Lipinski definition) is 3. The van der Waals surface area contributed by atoms with Crippen LogP contribution in [-0.2, 0) is 0 Å². The third kappa shape index (κ3) is 3.20. The molecule has 0 aliphatic heterocycles. The van der Waals surface area contributed by atoms with E-state index in [0.717, 1.165) is 37.0 Å². The molecule has 0 saturated heterocycles. The Bertz CT molecular complexity index is 488. The third-order valence-electron chi connectivity index (χ3n) is 3.83. The molecule has 0 atom stereocenters. The van der Waals surface area contributed by atoms with Crippen molar-refractivity contribution in [3.63, 3.8) is 0 Å². The van der Waals surface area contributed by atoms with Crippen LogP contribution >= 0.6 is 11.6 Å². The normalized spacial score (nSPS) is 22.8. The highest BCUT2D eigenvalue weighted by atomic mass is 35.5. The lowest BCUT2D eigenvalue weighted by Gasteiger charge is -2.29. The SMILES string of the molecule is CNC1CCC(Oc2ccc(C#N)c(Cl)c2C)CC1. The second-order valence-corrected chi connectivity index (χ2v) is 5.42. The van der Waals surface area contributed by atoms with Crippen LogP contribution in [0.4, 0.5) is 0 Å². The van der Waals surface area contributed by atoms with Crippen molar-refractivity contribution in [2.45, 2.75) is 44.8 Å². The Kier molecular flexibility index (Phi) is 4.68. The average molecular weight is 279 g/mol. The molecule has 0 spiro atoms. The largest absolute Gasteiger partial charge is 0.490 e. The zero-order valence-electron chi connectivity index (χ0n) is 11.4. The number of benzene rings is 1. The highest BCUT2D eigenvalue weighted by Crippen LogP contribution is 2.31. The van der Waals surface area contributed by atoms with Gasteiger partial charge in [-0.1, -0.05) is 11.6 Å². The Labute approximate surface area is 119 Å². The molecular weight excluding hydrogens is 260 g/mol. The zero-order chi connectivity index (χ0) is 13.8. The molecule has 0 bridgehead atoms. The molecule has 1 fully saturated rings. The van der Waals surface area contributed by atoms with E-state index < -0.39 is 0 Å². The second kappa shape index (κ2) is 6.27. The molecule has 1 aromatic carbocycles. The van der Waals surface area contributed by atoms with Crippen molar-refractivity contribution in [3.05, 3.63) is 28.3 Å². The summed E-state index contributed by atoms with van der Waals surface area (Å²) < 4.78 is 6.04. The maximum Gasteiger partial charge on any atom is 0.124 e. The monoisotopic (exact) mass is 278 g/mol. The van der Waals surface area contributed by atoms with E-state index in [0.29, 0.717) is 16.6 Å². The molecule has 0 unspecified atom stereocenters. The maximum atomic E-state index is 8.93. The lowest BCUT2D eigenvalue weighted by molar-refractivity contribution is 0.140. The van der Waals surface area contributed by atoms with E-state index in [2.05, 4.69) is 11.4 Å². The predicted octanol–water partition coefficient (Wildman–Crippen LogP) is 3.43. The lowest BCUT2D eigenvalue weighted by atomic mass is 9.93. The number of nitrogens with one attached hydrogen (secondary N) is 1. The van der Waals surface area contributed by atoms with E-state index in [-0.39, 0.29) is 6.10 Å². The van der Waals surface area contributed by atoms with Crippen molar-refractivity contribution >= 4 is 11.6 Å². The number of hydrogen-bond donors (Lipinski definition) is 1. The number of nitriles is 1. The van der Waals surface area contributed by atoms with E-state index in [9.17, 15) is 0 Å². The third-order valence-corrected chi connectivity index (χ3v) is 4.32. The molecule has 0 radical (unpaired) electrons. The summed E-state index contributed by atoms with van der Waals surface area (Å²) in [5, 5.41) is 12.7. The Morgan fingerprint density at radius 3 is 2.58 bits per heavy atom. The van der Waals surface area contributed by atoms with Crippen LogP contribution < -0.4 is 10.1 Å². The van der Waals surface area contributed by atoms with Crippen molar-refractivity contribution in [3.8, 4) is 11.8 Å². The first-order valence-corrected chi connectivity index (χ1v) is 7.06. The van der Waals surface area contributed by atoms with Gasteiger partial charge >= 0.3 is 0 Å². The van der Waals surface area contributed by atoms with Crippen LogP contribution in [-0.4, -0.2) is 19.2 Å². The fraction of sp³-hybridized carbons (Fsp3) is 0.533. The fourth-order valence-corrected chi connectivity index (χ4v) is 2.73. The van der Waals surface area contributed by atoms with Gasteiger partial charge in [-0.05, 0) is 51.8 Å². The summed E-state index contributed by atoms with van der Waals surface area (Å²) in [7, 11) is 2.01. The van der Waals surface area contributed by atoms with Gasteiger partial charge in [0.05, 0.1) is 16.7 Å². The van der Waals surface area contributed by atoms with Crippen molar-refractivity contribution in [2.75, 3.05) is 7.05 Å². The van der Waals surface area contributed by atoms with Crippen molar-refractivity contribution in [1.29, 1.82) is 5.26 Å². The van der Waals surface area contributed by atoms with Crippen LogP contribution in [0.3, 0.4) is 0 Å². The number of halogens is 1. The fourth-order valence-electron chi connectivity index (χ4n) is 2.53. The summed E-state index contributed by atoms with van der Waals surface area (Å²) >= 11 is 6.15. The first kappa shape index (κ1) is 14.2. The Morgan fingerprint density at radius 1 is 1.32 bits per heavy atom. The minimum absolute atomic E-state index is 0.257. The second-order valence-electron chi connectivity index (χ2n) is 5.04. The minimum Gasteiger partial charge on any atom is -0.490 e. The van der Waals surface area contributed by atoms with Crippen molar-refractivity contribution < 1.29 is 4.74 Å². The number of rotatable bonds is 3. The summed E-state index contributed by atoms with van der Waals surface area (Å²) in [5.41, 5.74) is 1.36. The van der Waals surface area contributed by atoms with Gasteiger partial charge in [-0.25, -0.2) is 0 Å². The highest BCUT2D eigenvalue weighted by Gasteiger charge is 2.22. The molecule has 3 nitrogen and oxygen atoms in total. The van der Waals surface area contributed by atoms with Gasteiger partial charge in [-0.15, -0.1) is 0 Å². The first-order valence-electron chi connectivity index (χ1n) is 6.68. The molecule has 1 saturated carbocycles. The van der Waals surface area contributed by atoms with Crippen LogP contribution in [0.25, 0.3) is 0 Å². The lowest BCUT2D eigenvalue weighted by Crippen LogP contribution is -2.34. The summed E-state index contributed by atoms with van der Waals surface area (Å²) in [6.45, 7) is 1.90. The van der Waals surface area contributed by atoms with Gasteiger partial charge in [0.25, 0.3) is 0 Å². The zero-order valence-corrected chi connectivity index (χ0v) is 12.1. The highest BCUT2D eigenvalue weighted by molar-refractivity contribution is 6.32. The molecule has 1 aliphatic rings. The summed E-state index contributed by atoms with van der Waals surface area (Å²) in [4.78, 5) is 0. The smallest absolute Gasteiger partial charge is 0.124 e. The topological polar surface area (TPSA) is 45.0 Å². The molecule has 0 heterocycles. The van der Waals surface area contributed by atoms with Crippen LogP contribution in [0.15, 0.2) is 12.1 Å². The number of ether oxygens (including phenoxy) is 1. The van der Waals surface area contributed by atoms with Crippen molar-refractivity contribution in [2.24, 2.45) is 0 Å². The molecule has 4 heteroatoms. The Hall–Kier alpha value is -1.24. The molecular formula is C15H19ClN2O. The van der Waals surface area contributed by atoms with E-state index in [1.807, 2.05) is 20.0 Å². The van der Waals surface area contributed by atoms with Crippen LogP contribution in [0, 0.1) is 18.3 Å². The molecule has 2 rings (SSSR count). The van der Waals surface area contributed by atoms with E-state index >= 15 is 0 Å². The van der Waals surface area contributed by atoms with Crippen LogP contribution in [0.1, 0.15) is 36.8 Å². The van der Waals surface area contributed by atoms with E-state index in [1.165, 1.54) is 0 Å². The Morgan fingerprint density at radius 2 is 2.00 bits per heavy atom. The molecule has 1 aromatic rings. The number of nitrogens with zero attached hydrogens (tertiary/aromatic N) is 1. The van der Waals surface area contributed by atoms with Gasteiger partial charge in [0.1, 0.15) is 11.8 Å². The molecule has 102 valence electrons. The summed E-state index contributed by atoms with van der Waals surface area (Å²) in [6.07, 6.45) is 4.66. The van der Waals surface area contributed by atoms with E-state index in [1.54, 1.807) is 6.07 Å². The maximum absolute atomic E-state index is 8.93. The van der Waals surface area contributed by atoms with Gasteiger partial charge in [0.15, 0.2) is 0 Å². The molecule has 1 N–H and O–H groups in total. The van der Waals surface area contributed by atoms with Crippen LogP contribution in [0.5, 0.6) is 5.75 Å². The summed E-state index contributed by atoms with van der Waals surface area (Å²) in [6, 6.07) is 6.28. The summed E-state index contributed by atoms with van der Waals surface area (Å²) in [5.74, 6) is 0.803.